The van der Waals surface area contributed by atoms with E-state index in [2.05, 4.69) is 6.92 Å². The molecule has 0 aliphatic rings. The van der Waals surface area contributed by atoms with Crippen LogP contribution in [0.4, 0.5) is 0 Å². The molecule has 0 radical (unpaired) electrons. The first-order valence-corrected chi connectivity index (χ1v) is 8.42. The maximum absolute atomic E-state index is 12.6. The van der Waals surface area contributed by atoms with Crippen LogP contribution in [0.5, 0.6) is 0 Å². The Balaban J connectivity index is 2.08. The number of carbonyl (C=O) groups excluding carboxylic acids is 1. The van der Waals surface area contributed by atoms with Gasteiger partial charge >= 0.3 is 0 Å². The van der Waals surface area contributed by atoms with Gasteiger partial charge in [0.05, 0.1) is 22.6 Å². The smallest absolute Gasteiger partial charge is 0.203 e. The van der Waals surface area contributed by atoms with Crippen molar-refractivity contribution >= 4 is 28.4 Å². The molecule has 0 saturated heterocycles. The van der Waals surface area contributed by atoms with Crippen LogP contribution in [0.25, 0.3) is 11.0 Å². The number of nitrogens with zero attached hydrogens (tertiary/aromatic N) is 2. The topological polar surface area (TPSA) is 50.8 Å². The van der Waals surface area contributed by atoms with Gasteiger partial charge in [-0.3, -0.25) is 10.2 Å². The van der Waals surface area contributed by atoms with Crippen molar-refractivity contribution in [2.45, 2.75) is 33.4 Å². The van der Waals surface area contributed by atoms with Gasteiger partial charge in [0.15, 0.2) is 5.78 Å². The molecule has 0 amide bonds. The number of aromatic nitrogens is 2. The minimum absolute atomic E-state index is 0.0102. The number of carbonyl (C=O) groups is 1. The second-order valence-electron chi connectivity index (χ2n) is 5.96. The molecule has 1 N–H and O–H groups in total. The van der Waals surface area contributed by atoms with Gasteiger partial charge in [-0.1, -0.05) is 54.4 Å². The van der Waals surface area contributed by atoms with Gasteiger partial charge < -0.3 is 9.13 Å². The number of imidazole rings is 1. The van der Waals surface area contributed by atoms with Gasteiger partial charge in [-0.15, -0.1) is 0 Å². The van der Waals surface area contributed by atoms with E-state index < -0.39 is 0 Å². The third-order valence-corrected chi connectivity index (χ3v) is 4.47. The first-order chi connectivity index (χ1) is 11.5. The lowest BCUT2D eigenvalue weighted by molar-refractivity contribution is 0.0971. The minimum Gasteiger partial charge on any atom is -0.309 e. The maximum atomic E-state index is 12.6. The zero-order chi connectivity index (χ0) is 17.3. The van der Waals surface area contributed by atoms with E-state index in [-0.39, 0.29) is 12.3 Å². The highest BCUT2D eigenvalue weighted by Gasteiger charge is 2.16. The average Bonchev–Trinajstić information content (AvgIpc) is 2.83. The van der Waals surface area contributed by atoms with Crippen LogP contribution >= 0.6 is 11.6 Å². The summed E-state index contributed by atoms with van der Waals surface area (Å²) in [6, 6.07) is 13.1. The zero-order valence-electron chi connectivity index (χ0n) is 13.8. The summed E-state index contributed by atoms with van der Waals surface area (Å²) in [5, 5.41) is 9.09. The van der Waals surface area contributed by atoms with E-state index in [1.54, 1.807) is 4.57 Å². The van der Waals surface area contributed by atoms with E-state index in [0.29, 0.717) is 22.7 Å². The minimum atomic E-state index is -0.0102. The number of fused-ring (bicyclic) bond motifs is 1. The highest BCUT2D eigenvalue weighted by Crippen LogP contribution is 2.23. The summed E-state index contributed by atoms with van der Waals surface area (Å²) in [5.41, 5.74) is 3.72. The first-order valence-electron chi connectivity index (χ1n) is 8.05. The molecule has 0 saturated carbocycles. The van der Waals surface area contributed by atoms with Crippen molar-refractivity contribution in [3.8, 4) is 0 Å². The van der Waals surface area contributed by atoms with Crippen LogP contribution in [-0.2, 0) is 13.1 Å². The summed E-state index contributed by atoms with van der Waals surface area (Å²) in [7, 11) is 0. The number of ketones is 1. The van der Waals surface area contributed by atoms with Gasteiger partial charge in [0, 0.05) is 12.1 Å². The van der Waals surface area contributed by atoms with Crippen LogP contribution in [0.3, 0.4) is 0 Å². The summed E-state index contributed by atoms with van der Waals surface area (Å²) < 4.78 is 3.61. The number of benzene rings is 2. The molecule has 4 nitrogen and oxygen atoms in total. The summed E-state index contributed by atoms with van der Waals surface area (Å²) in [5.74, 6) is -0.0102. The molecule has 0 fully saturated rings. The fourth-order valence-electron chi connectivity index (χ4n) is 2.93. The van der Waals surface area contributed by atoms with Crippen molar-refractivity contribution < 1.29 is 4.79 Å². The molecule has 124 valence electrons. The second kappa shape index (κ2) is 6.65. The number of halogens is 1. The lowest BCUT2D eigenvalue weighted by atomic mass is 10.1. The van der Waals surface area contributed by atoms with Gasteiger partial charge in [0.1, 0.15) is 0 Å². The van der Waals surface area contributed by atoms with E-state index in [1.165, 1.54) is 0 Å². The third kappa shape index (κ3) is 2.89. The highest BCUT2D eigenvalue weighted by molar-refractivity contribution is 6.35. The van der Waals surface area contributed by atoms with Gasteiger partial charge in [-0.25, -0.2) is 0 Å². The van der Waals surface area contributed by atoms with E-state index in [0.717, 1.165) is 23.0 Å². The van der Waals surface area contributed by atoms with Crippen molar-refractivity contribution in [3.63, 3.8) is 0 Å². The Morgan fingerprint density at radius 3 is 2.50 bits per heavy atom. The fraction of sp³-hybridized carbons (Fsp3) is 0.263. The van der Waals surface area contributed by atoms with Crippen molar-refractivity contribution in [1.29, 1.82) is 5.41 Å². The van der Waals surface area contributed by atoms with Gasteiger partial charge in [0.2, 0.25) is 5.62 Å². The quantitative estimate of drug-likeness (QED) is 0.695. The van der Waals surface area contributed by atoms with Crippen LogP contribution in [0.15, 0.2) is 42.5 Å². The maximum Gasteiger partial charge on any atom is 0.203 e. The Morgan fingerprint density at radius 1 is 1.12 bits per heavy atom. The predicted molar refractivity (Wildman–Crippen MR) is 96.6 cm³/mol. The van der Waals surface area contributed by atoms with Crippen molar-refractivity contribution in [2.24, 2.45) is 0 Å². The Morgan fingerprint density at radius 2 is 1.83 bits per heavy atom. The lowest BCUT2D eigenvalue weighted by Gasteiger charge is -2.05. The molecule has 5 heteroatoms. The van der Waals surface area contributed by atoms with Crippen LogP contribution in [0.2, 0.25) is 5.02 Å². The van der Waals surface area contributed by atoms with Crippen molar-refractivity contribution in [2.75, 3.05) is 0 Å². The largest absolute Gasteiger partial charge is 0.309 e. The standard InChI is InChI=1S/C19H20ClN3O/c1-3-11-22-18-15(20)5-4-6-16(18)23(19(22)21)12-17(24)14-9-7-13(2)8-10-14/h4-10,21H,3,11-12H2,1-2H3. The first kappa shape index (κ1) is 16.5. The van der Waals surface area contributed by atoms with Crippen LogP contribution in [0, 0.1) is 12.3 Å². The molecule has 3 aromatic rings. The number of hydrogen-bond donors (Lipinski definition) is 1. The third-order valence-electron chi connectivity index (χ3n) is 4.16. The number of aryl methyl sites for hydroxylation is 2. The summed E-state index contributed by atoms with van der Waals surface area (Å²) in [6.45, 7) is 4.88. The number of Topliss-reactive ketones (excluding diaryl/α,β-unsaturated/α-hetero) is 1. The van der Waals surface area contributed by atoms with Crippen LogP contribution in [0.1, 0.15) is 29.3 Å². The van der Waals surface area contributed by atoms with Crippen molar-refractivity contribution in [1.82, 2.24) is 9.13 Å². The Hall–Kier alpha value is -2.33. The molecular weight excluding hydrogens is 322 g/mol. The monoisotopic (exact) mass is 341 g/mol. The van der Waals surface area contributed by atoms with Gasteiger partial charge in [0.25, 0.3) is 0 Å². The molecule has 0 unspecified atom stereocenters. The molecule has 3 rings (SSSR count). The Labute approximate surface area is 145 Å². The van der Waals surface area contributed by atoms with Crippen molar-refractivity contribution in [3.05, 3.63) is 64.2 Å². The molecule has 1 aromatic heterocycles. The van der Waals surface area contributed by atoms with Crippen LogP contribution in [-0.4, -0.2) is 14.9 Å². The fourth-order valence-corrected chi connectivity index (χ4v) is 3.20. The van der Waals surface area contributed by atoms with E-state index in [9.17, 15) is 4.79 Å². The molecule has 0 atom stereocenters. The molecule has 0 spiro atoms. The summed E-state index contributed by atoms with van der Waals surface area (Å²) in [4.78, 5) is 12.6. The molecule has 2 aromatic carbocycles. The van der Waals surface area contributed by atoms with Gasteiger partial charge in [-0.05, 0) is 25.5 Å². The van der Waals surface area contributed by atoms with E-state index in [1.807, 2.05) is 54.0 Å². The van der Waals surface area contributed by atoms with E-state index >= 15 is 0 Å². The number of para-hydroxylation sites is 1. The average molecular weight is 342 g/mol. The summed E-state index contributed by atoms with van der Waals surface area (Å²) in [6.07, 6.45) is 0.896. The molecule has 24 heavy (non-hydrogen) atoms. The second-order valence-corrected chi connectivity index (χ2v) is 6.37. The normalized spacial score (nSPS) is 11.1. The SMILES string of the molecule is CCCn1c(=N)n(CC(=O)c2ccc(C)cc2)c2cccc(Cl)c21. The number of nitrogens with one attached hydrogen (secondary N) is 1. The molecule has 0 aliphatic heterocycles. The van der Waals surface area contributed by atoms with E-state index in [4.69, 9.17) is 17.0 Å². The number of hydrogen-bond acceptors (Lipinski definition) is 2. The Kier molecular flexibility index (Phi) is 4.58. The molecule has 1 heterocycles. The zero-order valence-corrected chi connectivity index (χ0v) is 14.6. The lowest BCUT2D eigenvalue weighted by Crippen LogP contribution is -2.27. The van der Waals surface area contributed by atoms with Gasteiger partial charge in [-0.2, -0.15) is 0 Å². The molecule has 0 bridgehead atoms. The predicted octanol–water partition coefficient (Wildman–Crippen LogP) is 4.18. The Bertz CT molecular complexity index is 951. The van der Waals surface area contributed by atoms with Crippen LogP contribution < -0.4 is 5.62 Å². The number of rotatable bonds is 5. The summed E-state index contributed by atoms with van der Waals surface area (Å²) >= 11 is 6.35. The molecular formula is C19H20ClN3O. The highest BCUT2D eigenvalue weighted by atomic mass is 35.5. The molecule has 0 aliphatic carbocycles.